The summed E-state index contributed by atoms with van der Waals surface area (Å²) in [4.78, 5) is 0. The van der Waals surface area contributed by atoms with Crippen molar-refractivity contribution in [3.63, 3.8) is 0 Å². The molecule has 0 unspecified atom stereocenters. The summed E-state index contributed by atoms with van der Waals surface area (Å²) in [6.07, 6.45) is 2.97. The van der Waals surface area contributed by atoms with E-state index in [2.05, 4.69) is 20.8 Å². The second kappa shape index (κ2) is 4.52. The quantitative estimate of drug-likeness (QED) is 0.630. The normalized spacial score (nSPS) is 13.7. The fourth-order valence-corrected chi connectivity index (χ4v) is 1.02. The molecule has 11 heavy (non-hydrogen) atoms. The molecule has 0 rings (SSSR count). The zero-order chi connectivity index (χ0) is 8.91. The first-order valence-electron chi connectivity index (χ1n) is 3.92. The molecule has 0 saturated heterocycles. The minimum absolute atomic E-state index is 0.0598. The SMILES string of the molecule is COC(C)(C)CC(C)=CCN. The summed E-state index contributed by atoms with van der Waals surface area (Å²) >= 11 is 0. The molecule has 0 aromatic carbocycles. The second-order valence-corrected chi connectivity index (χ2v) is 3.43. The van der Waals surface area contributed by atoms with Gasteiger partial charge in [0.1, 0.15) is 0 Å². The summed E-state index contributed by atoms with van der Waals surface area (Å²) in [6, 6.07) is 0. The third kappa shape index (κ3) is 4.99. The highest BCUT2D eigenvalue weighted by Crippen LogP contribution is 2.18. The Morgan fingerprint density at radius 1 is 1.55 bits per heavy atom. The highest BCUT2D eigenvalue weighted by atomic mass is 16.5. The van der Waals surface area contributed by atoms with Crippen LogP contribution in [0.15, 0.2) is 11.6 Å². The van der Waals surface area contributed by atoms with Gasteiger partial charge in [-0.15, -0.1) is 0 Å². The lowest BCUT2D eigenvalue weighted by Crippen LogP contribution is -2.22. The number of methoxy groups -OCH3 is 1. The minimum atomic E-state index is -0.0598. The number of hydrogen-bond acceptors (Lipinski definition) is 2. The van der Waals surface area contributed by atoms with Crippen molar-refractivity contribution in [1.29, 1.82) is 0 Å². The van der Waals surface area contributed by atoms with E-state index in [1.165, 1.54) is 5.57 Å². The fraction of sp³-hybridized carbons (Fsp3) is 0.778. The molecule has 2 heteroatoms. The van der Waals surface area contributed by atoms with E-state index in [0.29, 0.717) is 6.54 Å². The maximum Gasteiger partial charge on any atom is 0.0659 e. The molecule has 0 aliphatic heterocycles. The highest BCUT2D eigenvalue weighted by Gasteiger charge is 2.15. The van der Waals surface area contributed by atoms with Gasteiger partial charge >= 0.3 is 0 Å². The van der Waals surface area contributed by atoms with Gasteiger partial charge in [-0.2, -0.15) is 0 Å². The zero-order valence-corrected chi connectivity index (χ0v) is 7.98. The molecule has 0 atom stereocenters. The molecule has 0 heterocycles. The van der Waals surface area contributed by atoms with Gasteiger partial charge in [-0.05, 0) is 27.2 Å². The van der Waals surface area contributed by atoms with Crippen LogP contribution in [0.3, 0.4) is 0 Å². The van der Waals surface area contributed by atoms with Crippen LogP contribution in [0, 0.1) is 0 Å². The van der Waals surface area contributed by atoms with Crippen LogP contribution in [0.5, 0.6) is 0 Å². The number of nitrogens with two attached hydrogens (primary N) is 1. The standard InChI is InChI=1S/C9H19NO/c1-8(5-6-10)7-9(2,3)11-4/h5H,6-7,10H2,1-4H3. The molecule has 2 N–H and O–H groups in total. The summed E-state index contributed by atoms with van der Waals surface area (Å²) in [5, 5.41) is 0. The Kier molecular flexibility index (Phi) is 4.38. The average Bonchev–Trinajstić information content (AvgIpc) is 1.87. The van der Waals surface area contributed by atoms with Gasteiger partial charge in [-0.3, -0.25) is 0 Å². The van der Waals surface area contributed by atoms with Crippen LogP contribution in [0.25, 0.3) is 0 Å². The Bertz CT molecular complexity index is 138. The van der Waals surface area contributed by atoms with Crippen LogP contribution >= 0.6 is 0 Å². The lowest BCUT2D eigenvalue weighted by molar-refractivity contribution is 0.0232. The molecule has 0 fully saturated rings. The van der Waals surface area contributed by atoms with E-state index in [4.69, 9.17) is 10.5 Å². The van der Waals surface area contributed by atoms with Gasteiger partial charge in [-0.1, -0.05) is 11.6 Å². The molecular formula is C9H19NO. The predicted octanol–water partition coefficient (Wildman–Crippen LogP) is 1.71. The number of ether oxygens (including phenoxy) is 1. The molecule has 0 bridgehead atoms. The molecule has 2 nitrogen and oxygen atoms in total. The molecular weight excluding hydrogens is 138 g/mol. The van der Waals surface area contributed by atoms with Crippen molar-refractivity contribution < 1.29 is 4.74 Å². The molecule has 0 aromatic heterocycles. The van der Waals surface area contributed by atoms with Crippen molar-refractivity contribution in [2.24, 2.45) is 5.73 Å². The number of rotatable bonds is 4. The topological polar surface area (TPSA) is 35.2 Å². The van der Waals surface area contributed by atoms with Crippen LogP contribution in [0.2, 0.25) is 0 Å². The lowest BCUT2D eigenvalue weighted by atomic mass is 9.99. The van der Waals surface area contributed by atoms with Gasteiger partial charge in [-0.25, -0.2) is 0 Å². The molecule has 0 aliphatic rings. The lowest BCUT2D eigenvalue weighted by Gasteiger charge is -2.23. The van der Waals surface area contributed by atoms with E-state index in [1.807, 2.05) is 6.08 Å². The van der Waals surface area contributed by atoms with Gasteiger partial charge in [0.05, 0.1) is 5.60 Å². The Hall–Kier alpha value is -0.340. The Balaban J connectivity index is 3.92. The van der Waals surface area contributed by atoms with Crippen molar-refractivity contribution in [3.05, 3.63) is 11.6 Å². The second-order valence-electron chi connectivity index (χ2n) is 3.43. The summed E-state index contributed by atoms with van der Waals surface area (Å²) in [6.45, 7) is 6.83. The van der Waals surface area contributed by atoms with E-state index >= 15 is 0 Å². The molecule has 0 radical (unpaired) electrons. The maximum absolute atomic E-state index is 5.37. The van der Waals surface area contributed by atoms with E-state index in [1.54, 1.807) is 7.11 Å². The molecule has 0 spiro atoms. The highest BCUT2D eigenvalue weighted by molar-refractivity contribution is 5.02. The van der Waals surface area contributed by atoms with Gasteiger partial charge in [0.25, 0.3) is 0 Å². The molecule has 0 saturated carbocycles. The van der Waals surface area contributed by atoms with Gasteiger partial charge < -0.3 is 10.5 Å². The first-order valence-corrected chi connectivity index (χ1v) is 3.92. The van der Waals surface area contributed by atoms with Crippen molar-refractivity contribution in [3.8, 4) is 0 Å². The van der Waals surface area contributed by atoms with Crippen molar-refractivity contribution in [2.45, 2.75) is 32.8 Å². The van der Waals surface area contributed by atoms with E-state index in [0.717, 1.165) is 6.42 Å². The summed E-state index contributed by atoms with van der Waals surface area (Å²) < 4.78 is 5.27. The summed E-state index contributed by atoms with van der Waals surface area (Å²) in [5.41, 5.74) is 6.60. The third-order valence-electron chi connectivity index (χ3n) is 1.72. The van der Waals surface area contributed by atoms with Crippen LogP contribution in [-0.2, 0) is 4.74 Å². The van der Waals surface area contributed by atoms with Crippen LogP contribution in [0.1, 0.15) is 27.2 Å². The zero-order valence-electron chi connectivity index (χ0n) is 7.98. The molecule has 0 aromatic rings. The third-order valence-corrected chi connectivity index (χ3v) is 1.72. The van der Waals surface area contributed by atoms with Crippen LogP contribution in [0.4, 0.5) is 0 Å². The van der Waals surface area contributed by atoms with Crippen LogP contribution < -0.4 is 5.73 Å². The minimum Gasteiger partial charge on any atom is -0.378 e. The molecule has 0 aliphatic carbocycles. The summed E-state index contributed by atoms with van der Waals surface area (Å²) in [7, 11) is 1.73. The Morgan fingerprint density at radius 3 is 2.45 bits per heavy atom. The van der Waals surface area contributed by atoms with Crippen molar-refractivity contribution in [2.75, 3.05) is 13.7 Å². The monoisotopic (exact) mass is 157 g/mol. The molecule has 66 valence electrons. The van der Waals surface area contributed by atoms with Crippen LogP contribution in [-0.4, -0.2) is 19.3 Å². The van der Waals surface area contributed by atoms with Crippen molar-refractivity contribution in [1.82, 2.24) is 0 Å². The van der Waals surface area contributed by atoms with Gasteiger partial charge in [0.2, 0.25) is 0 Å². The first kappa shape index (κ1) is 10.7. The van der Waals surface area contributed by atoms with Crippen molar-refractivity contribution >= 4 is 0 Å². The summed E-state index contributed by atoms with van der Waals surface area (Å²) in [5.74, 6) is 0. The van der Waals surface area contributed by atoms with E-state index in [-0.39, 0.29) is 5.60 Å². The Labute approximate surface area is 69.4 Å². The van der Waals surface area contributed by atoms with Gasteiger partial charge in [0.15, 0.2) is 0 Å². The largest absolute Gasteiger partial charge is 0.378 e. The fourth-order valence-electron chi connectivity index (χ4n) is 1.02. The molecule has 0 amide bonds. The van der Waals surface area contributed by atoms with Gasteiger partial charge in [0, 0.05) is 13.7 Å². The maximum atomic E-state index is 5.37. The average molecular weight is 157 g/mol. The first-order chi connectivity index (χ1) is 5.02. The Morgan fingerprint density at radius 2 is 2.09 bits per heavy atom. The van der Waals surface area contributed by atoms with E-state index in [9.17, 15) is 0 Å². The number of hydrogen-bond donors (Lipinski definition) is 1. The smallest absolute Gasteiger partial charge is 0.0659 e. The predicted molar refractivity (Wildman–Crippen MR) is 48.5 cm³/mol. The van der Waals surface area contributed by atoms with E-state index < -0.39 is 0 Å².